The Morgan fingerprint density at radius 1 is 1.15 bits per heavy atom. The topological polar surface area (TPSA) is 71.6 Å². The molecule has 4 heterocycles. The first-order chi connectivity index (χ1) is 12.7. The summed E-state index contributed by atoms with van der Waals surface area (Å²) in [7, 11) is 0. The number of amides is 1. The largest absolute Gasteiger partial charge is 0.454 e. The maximum absolute atomic E-state index is 12.7. The lowest BCUT2D eigenvalue weighted by atomic mass is 10.3. The van der Waals surface area contributed by atoms with Crippen LogP contribution in [0.15, 0.2) is 57.3 Å². The van der Waals surface area contributed by atoms with Crippen molar-refractivity contribution in [2.24, 2.45) is 0 Å². The van der Waals surface area contributed by atoms with Gasteiger partial charge in [0, 0.05) is 50.0 Å². The molecule has 3 aromatic rings. The van der Waals surface area contributed by atoms with E-state index >= 15 is 0 Å². The zero-order valence-electron chi connectivity index (χ0n) is 14.1. The number of thiazole rings is 1. The molecule has 0 radical (unpaired) electrons. The maximum Gasteiger partial charge on any atom is 0.289 e. The van der Waals surface area contributed by atoms with Crippen LogP contribution in [0, 0.1) is 0 Å². The first-order valence-corrected chi connectivity index (χ1v) is 9.26. The van der Waals surface area contributed by atoms with Gasteiger partial charge in [-0.05, 0) is 18.2 Å². The second-order valence-corrected chi connectivity index (χ2v) is 6.90. The molecule has 1 amide bonds. The third kappa shape index (κ3) is 3.41. The van der Waals surface area contributed by atoms with Crippen molar-refractivity contribution in [2.75, 3.05) is 31.1 Å². The van der Waals surface area contributed by atoms with Crippen molar-refractivity contribution in [3.8, 4) is 0 Å². The fourth-order valence-corrected chi connectivity index (χ4v) is 3.66. The molecule has 1 fully saturated rings. The first kappa shape index (κ1) is 16.6. The Bertz CT molecular complexity index is 939. The van der Waals surface area contributed by atoms with Crippen LogP contribution in [0.5, 0.6) is 0 Å². The van der Waals surface area contributed by atoms with E-state index < -0.39 is 0 Å². The Morgan fingerprint density at radius 3 is 2.73 bits per heavy atom. The van der Waals surface area contributed by atoms with E-state index in [1.807, 2.05) is 5.38 Å². The molecule has 1 aliphatic heterocycles. The van der Waals surface area contributed by atoms with Crippen LogP contribution in [0.25, 0.3) is 0 Å². The SMILES string of the molecule is O=C(c1ccc(Cn2ccccc2=O)o1)N1CCN(c2nccs2)CC1. The summed E-state index contributed by atoms with van der Waals surface area (Å²) in [5, 5.41) is 2.95. The molecular formula is C18H18N4O3S. The molecule has 0 N–H and O–H groups in total. The van der Waals surface area contributed by atoms with Gasteiger partial charge in [0.05, 0.1) is 6.54 Å². The van der Waals surface area contributed by atoms with Gasteiger partial charge in [0.2, 0.25) is 0 Å². The normalized spacial score (nSPS) is 14.6. The molecule has 0 aromatic carbocycles. The van der Waals surface area contributed by atoms with E-state index in [2.05, 4.69) is 9.88 Å². The molecule has 0 saturated carbocycles. The van der Waals surface area contributed by atoms with Gasteiger partial charge in [0.15, 0.2) is 10.9 Å². The van der Waals surface area contributed by atoms with Crippen molar-refractivity contribution in [2.45, 2.75) is 6.54 Å². The second-order valence-electron chi connectivity index (χ2n) is 6.03. The molecule has 1 saturated heterocycles. The molecule has 1 aliphatic rings. The summed E-state index contributed by atoms with van der Waals surface area (Å²) in [6.07, 6.45) is 3.49. The Labute approximate surface area is 154 Å². The monoisotopic (exact) mass is 370 g/mol. The predicted molar refractivity (Wildman–Crippen MR) is 98.7 cm³/mol. The fourth-order valence-electron chi connectivity index (χ4n) is 2.97. The molecule has 0 atom stereocenters. The number of carbonyl (C=O) groups excluding carboxylic acids is 1. The number of pyridine rings is 1. The summed E-state index contributed by atoms with van der Waals surface area (Å²) in [5.41, 5.74) is -0.102. The average molecular weight is 370 g/mol. The lowest BCUT2D eigenvalue weighted by molar-refractivity contribution is 0.0712. The summed E-state index contributed by atoms with van der Waals surface area (Å²) < 4.78 is 7.22. The average Bonchev–Trinajstić information content (AvgIpc) is 3.35. The predicted octanol–water partition coefficient (Wildman–Crippen LogP) is 1.91. The summed E-state index contributed by atoms with van der Waals surface area (Å²) in [6, 6.07) is 8.41. The number of carbonyl (C=O) groups is 1. The molecule has 0 unspecified atom stereocenters. The van der Waals surface area contributed by atoms with Crippen LogP contribution < -0.4 is 10.5 Å². The van der Waals surface area contributed by atoms with E-state index in [-0.39, 0.29) is 11.5 Å². The zero-order valence-corrected chi connectivity index (χ0v) is 14.9. The van der Waals surface area contributed by atoms with Gasteiger partial charge in [0.1, 0.15) is 5.76 Å². The number of rotatable bonds is 4. The summed E-state index contributed by atoms with van der Waals surface area (Å²) in [5.74, 6) is 0.783. The van der Waals surface area contributed by atoms with E-state index in [1.165, 1.54) is 6.07 Å². The highest BCUT2D eigenvalue weighted by atomic mass is 32.1. The highest BCUT2D eigenvalue weighted by Gasteiger charge is 2.25. The number of hydrogen-bond acceptors (Lipinski definition) is 6. The highest BCUT2D eigenvalue weighted by Crippen LogP contribution is 2.20. The summed E-state index contributed by atoms with van der Waals surface area (Å²) >= 11 is 1.61. The quantitative estimate of drug-likeness (QED) is 0.702. The van der Waals surface area contributed by atoms with Gasteiger partial charge < -0.3 is 18.8 Å². The molecule has 4 rings (SSSR count). The molecular weight excluding hydrogens is 352 g/mol. The van der Waals surface area contributed by atoms with Gasteiger partial charge in [0.25, 0.3) is 11.5 Å². The third-order valence-corrected chi connectivity index (χ3v) is 5.19. The standard InChI is InChI=1S/C18H18N4O3S/c23-16-3-1-2-7-22(16)13-14-4-5-15(25-14)17(24)20-8-10-21(11-9-20)18-19-6-12-26-18/h1-7,12H,8-11,13H2. The van der Waals surface area contributed by atoms with Gasteiger partial charge in [-0.1, -0.05) is 6.07 Å². The molecule has 8 heteroatoms. The van der Waals surface area contributed by atoms with Crippen LogP contribution in [0.2, 0.25) is 0 Å². The lowest BCUT2D eigenvalue weighted by Gasteiger charge is -2.34. The summed E-state index contributed by atoms with van der Waals surface area (Å²) in [6.45, 7) is 3.09. The molecule has 134 valence electrons. The molecule has 0 spiro atoms. The molecule has 0 bridgehead atoms. The molecule has 0 aliphatic carbocycles. The number of piperazine rings is 1. The minimum atomic E-state index is -0.115. The Morgan fingerprint density at radius 2 is 2.00 bits per heavy atom. The molecule has 7 nitrogen and oxygen atoms in total. The molecule has 3 aromatic heterocycles. The van der Waals surface area contributed by atoms with Crippen LogP contribution in [0.3, 0.4) is 0 Å². The van der Waals surface area contributed by atoms with Crippen LogP contribution in [0.4, 0.5) is 5.13 Å². The maximum atomic E-state index is 12.7. The van der Waals surface area contributed by atoms with E-state index in [1.54, 1.807) is 57.5 Å². The van der Waals surface area contributed by atoms with Gasteiger partial charge in [-0.3, -0.25) is 9.59 Å². The van der Waals surface area contributed by atoms with Crippen LogP contribution in [-0.2, 0) is 6.54 Å². The zero-order chi connectivity index (χ0) is 17.9. The van der Waals surface area contributed by atoms with Crippen LogP contribution in [0.1, 0.15) is 16.3 Å². The Balaban J connectivity index is 1.39. The lowest BCUT2D eigenvalue weighted by Crippen LogP contribution is -2.48. The van der Waals surface area contributed by atoms with Gasteiger partial charge in [-0.15, -0.1) is 11.3 Å². The molecule has 26 heavy (non-hydrogen) atoms. The number of nitrogens with zero attached hydrogens (tertiary/aromatic N) is 4. The Kier molecular flexibility index (Phi) is 4.57. The van der Waals surface area contributed by atoms with Crippen molar-refractivity contribution in [3.05, 3.63) is 70.0 Å². The van der Waals surface area contributed by atoms with Crippen LogP contribution in [-0.4, -0.2) is 46.5 Å². The number of anilines is 1. The van der Waals surface area contributed by atoms with E-state index in [0.717, 1.165) is 18.2 Å². The van der Waals surface area contributed by atoms with Crippen molar-refractivity contribution >= 4 is 22.4 Å². The number of aromatic nitrogens is 2. The van der Waals surface area contributed by atoms with E-state index in [0.29, 0.717) is 31.2 Å². The highest BCUT2D eigenvalue weighted by molar-refractivity contribution is 7.13. The summed E-state index contributed by atoms with van der Waals surface area (Å²) in [4.78, 5) is 32.7. The number of furan rings is 1. The van der Waals surface area contributed by atoms with Crippen molar-refractivity contribution in [1.82, 2.24) is 14.5 Å². The van der Waals surface area contributed by atoms with E-state index in [4.69, 9.17) is 4.42 Å². The van der Waals surface area contributed by atoms with Crippen LogP contribution >= 0.6 is 11.3 Å². The van der Waals surface area contributed by atoms with Gasteiger partial charge in [-0.25, -0.2) is 4.98 Å². The Hall–Kier alpha value is -2.87. The van der Waals surface area contributed by atoms with Crippen molar-refractivity contribution < 1.29 is 9.21 Å². The third-order valence-electron chi connectivity index (χ3n) is 4.35. The first-order valence-electron chi connectivity index (χ1n) is 8.38. The number of hydrogen-bond donors (Lipinski definition) is 0. The van der Waals surface area contributed by atoms with Gasteiger partial charge in [-0.2, -0.15) is 0 Å². The fraction of sp³-hybridized carbons (Fsp3) is 0.278. The smallest absolute Gasteiger partial charge is 0.289 e. The van der Waals surface area contributed by atoms with E-state index in [9.17, 15) is 9.59 Å². The van der Waals surface area contributed by atoms with Crippen molar-refractivity contribution in [1.29, 1.82) is 0 Å². The minimum Gasteiger partial charge on any atom is -0.454 e. The second kappa shape index (κ2) is 7.17. The van der Waals surface area contributed by atoms with Gasteiger partial charge >= 0.3 is 0 Å². The minimum absolute atomic E-state index is 0.102. The van der Waals surface area contributed by atoms with Crippen molar-refractivity contribution in [3.63, 3.8) is 0 Å².